The lowest BCUT2D eigenvalue weighted by Gasteiger charge is -2.23. The van der Waals surface area contributed by atoms with E-state index in [1.807, 2.05) is 34.1 Å². The molecule has 0 unspecified atom stereocenters. The van der Waals surface area contributed by atoms with Crippen molar-refractivity contribution in [3.05, 3.63) is 35.4 Å². The lowest BCUT2D eigenvalue weighted by Crippen LogP contribution is -2.37. The molecule has 0 radical (unpaired) electrons. The van der Waals surface area contributed by atoms with Gasteiger partial charge >= 0.3 is 0 Å². The van der Waals surface area contributed by atoms with Crippen molar-refractivity contribution in [3.63, 3.8) is 0 Å². The third-order valence-electron chi connectivity index (χ3n) is 4.91. The molecule has 0 aliphatic carbocycles. The molecule has 0 N–H and O–H groups in total. The number of carbonyl (C=O) groups is 2. The number of rotatable bonds is 5. The SMILES string of the molecule is COCc1ccc(C(=O)N2C[C@H]3CN(CC(C)C)C(=O)[C@H]3C2)cc1. The topological polar surface area (TPSA) is 49.9 Å². The van der Waals surface area contributed by atoms with Crippen LogP contribution in [0.3, 0.4) is 0 Å². The van der Waals surface area contributed by atoms with Crippen molar-refractivity contribution in [1.29, 1.82) is 0 Å². The van der Waals surface area contributed by atoms with E-state index in [-0.39, 0.29) is 23.7 Å². The van der Waals surface area contributed by atoms with E-state index in [0.717, 1.165) is 18.7 Å². The number of benzene rings is 1. The molecule has 5 nitrogen and oxygen atoms in total. The maximum Gasteiger partial charge on any atom is 0.253 e. The monoisotopic (exact) mass is 330 g/mol. The number of nitrogens with zero attached hydrogens (tertiary/aromatic N) is 2. The third kappa shape index (κ3) is 3.31. The summed E-state index contributed by atoms with van der Waals surface area (Å²) in [5.41, 5.74) is 1.73. The molecule has 2 fully saturated rings. The summed E-state index contributed by atoms with van der Waals surface area (Å²) >= 11 is 0. The molecular weight excluding hydrogens is 304 g/mol. The number of carbonyl (C=O) groups excluding carboxylic acids is 2. The van der Waals surface area contributed by atoms with Gasteiger partial charge < -0.3 is 14.5 Å². The largest absolute Gasteiger partial charge is 0.380 e. The van der Waals surface area contributed by atoms with E-state index in [2.05, 4.69) is 13.8 Å². The molecule has 2 aliphatic heterocycles. The summed E-state index contributed by atoms with van der Waals surface area (Å²) in [6, 6.07) is 7.53. The van der Waals surface area contributed by atoms with Crippen LogP contribution in [-0.2, 0) is 16.1 Å². The molecule has 1 aromatic carbocycles. The van der Waals surface area contributed by atoms with Crippen molar-refractivity contribution in [2.24, 2.45) is 17.8 Å². The highest BCUT2D eigenvalue weighted by molar-refractivity contribution is 5.95. The molecule has 24 heavy (non-hydrogen) atoms. The summed E-state index contributed by atoms with van der Waals surface area (Å²) in [4.78, 5) is 29.0. The van der Waals surface area contributed by atoms with Crippen LogP contribution in [0.5, 0.6) is 0 Å². The van der Waals surface area contributed by atoms with Gasteiger partial charge in [-0.15, -0.1) is 0 Å². The molecule has 1 aromatic rings. The lowest BCUT2D eigenvalue weighted by atomic mass is 10.0. The molecule has 2 atom stereocenters. The number of hydrogen-bond donors (Lipinski definition) is 0. The van der Waals surface area contributed by atoms with Gasteiger partial charge in [0.05, 0.1) is 12.5 Å². The van der Waals surface area contributed by atoms with Gasteiger partial charge in [-0.1, -0.05) is 26.0 Å². The Balaban J connectivity index is 1.62. The van der Waals surface area contributed by atoms with Gasteiger partial charge in [-0.3, -0.25) is 9.59 Å². The fraction of sp³-hybridized carbons (Fsp3) is 0.579. The van der Waals surface area contributed by atoms with Crippen LogP contribution in [0, 0.1) is 17.8 Å². The first-order valence-corrected chi connectivity index (χ1v) is 8.65. The Bertz CT molecular complexity index is 612. The van der Waals surface area contributed by atoms with Gasteiger partial charge in [-0.2, -0.15) is 0 Å². The van der Waals surface area contributed by atoms with Crippen molar-refractivity contribution in [2.75, 3.05) is 33.3 Å². The molecule has 0 aromatic heterocycles. The number of likely N-dealkylation sites (tertiary alicyclic amines) is 2. The van der Waals surface area contributed by atoms with Gasteiger partial charge in [-0.05, 0) is 23.6 Å². The standard InChI is InChI=1S/C19H26N2O3/c1-13(2)8-20-9-16-10-21(11-17(16)19(20)23)18(22)15-6-4-14(5-7-15)12-24-3/h4-7,13,16-17H,8-12H2,1-3H3/t16-,17+/m1/s1. The van der Waals surface area contributed by atoms with Gasteiger partial charge in [0, 0.05) is 44.8 Å². The molecular formula is C19H26N2O3. The molecule has 0 spiro atoms. The minimum Gasteiger partial charge on any atom is -0.380 e. The van der Waals surface area contributed by atoms with Gasteiger partial charge in [0.15, 0.2) is 0 Å². The zero-order valence-electron chi connectivity index (χ0n) is 14.7. The number of hydrogen-bond acceptors (Lipinski definition) is 3. The quantitative estimate of drug-likeness (QED) is 0.830. The summed E-state index contributed by atoms with van der Waals surface area (Å²) in [6.45, 7) is 7.65. The van der Waals surface area contributed by atoms with Crippen molar-refractivity contribution in [1.82, 2.24) is 9.80 Å². The first-order chi connectivity index (χ1) is 11.5. The Kier molecular flexibility index (Phi) is 4.90. The van der Waals surface area contributed by atoms with Crippen LogP contribution in [0.2, 0.25) is 0 Å². The van der Waals surface area contributed by atoms with Crippen LogP contribution in [0.25, 0.3) is 0 Å². The maximum atomic E-state index is 12.7. The Morgan fingerprint density at radius 1 is 1.21 bits per heavy atom. The zero-order chi connectivity index (χ0) is 17.3. The Morgan fingerprint density at radius 2 is 1.92 bits per heavy atom. The number of methoxy groups -OCH3 is 1. The van der Waals surface area contributed by atoms with Crippen molar-refractivity contribution >= 4 is 11.8 Å². The fourth-order valence-corrected chi connectivity index (χ4v) is 3.81. The summed E-state index contributed by atoms with van der Waals surface area (Å²) in [5.74, 6) is 1.00. The van der Waals surface area contributed by atoms with Crippen LogP contribution in [0.1, 0.15) is 29.8 Å². The normalized spacial score (nSPS) is 23.2. The Labute approximate surface area is 143 Å². The van der Waals surface area contributed by atoms with E-state index in [9.17, 15) is 9.59 Å². The van der Waals surface area contributed by atoms with E-state index in [0.29, 0.717) is 31.2 Å². The van der Waals surface area contributed by atoms with Crippen molar-refractivity contribution in [2.45, 2.75) is 20.5 Å². The molecule has 2 heterocycles. The number of ether oxygens (including phenoxy) is 1. The van der Waals surface area contributed by atoms with Crippen LogP contribution in [0.15, 0.2) is 24.3 Å². The molecule has 2 amide bonds. The molecule has 2 aliphatic rings. The third-order valence-corrected chi connectivity index (χ3v) is 4.91. The fourth-order valence-electron chi connectivity index (χ4n) is 3.81. The first-order valence-electron chi connectivity index (χ1n) is 8.65. The first kappa shape index (κ1) is 17.0. The van der Waals surface area contributed by atoms with Crippen LogP contribution in [0.4, 0.5) is 0 Å². The molecule has 2 saturated heterocycles. The van der Waals surface area contributed by atoms with Gasteiger partial charge in [0.25, 0.3) is 5.91 Å². The predicted octanol–water partition coefficient (Wildman–Crippen LogP) is 2.02. The average Bonchev–Trinajstić information content (AvgIpc) is 3.08. The highest BCUT2D eigenvalue weighted by Gasteiger charge is 2.47. The predicted molar refractivity (Wildman–Crippen MR) is 91.5 cm³/mol. The van der Waals surface area contributed by atoms with E-state index < -0.39 is 0 Å². The van der Waals surface area contributed by atoms with E-state index in [1.54, 1.807) is 7.11 Å². The van der Waals surface area contributed by atoms with Crippen molar-refractivity contribution in [3.8, 4) is 0 Å². The molecule has 3 rings (SSSR count). The second kappa shape index (κ2) is 6.93. The second-order valence-electron chi connectivity index (χ2n) is 7.34. The number of fused-ring (bicyclic) bond motifs is 1. The van der Waals surface area contributed by atoms with Crippen LogP contribution < -0.4 is 0 Å². The second-order valence-corrected chi connectivity index (χ2v) is 7.34. The summed E-state index contributed by atoms with van der Waals surface area (Å²) < 4.78 is 5.09. The smallest absolute Gasteiger partial charge is 0.253 e. The maximum absolute atomic E-state index is 12.7. The molecule has 5 heteroatoms. The summed E-state index contributed by atoms with van der Waals surface area (Å²) in [5, 5.41) is 0. The molecule has 130 valence electrons. The summed E-state index contributed by atoms with van der Waals surface area (Å²) in [6.07, 6.45) is 0. The highest BCUT2D eigenvalue weighted by atomic mass is 16.5. The van der Waals surface area contributed by atoms with E-state index in [4.69, 9.17) is 4.74 Å². The average molecular weight is 330 g/mol. The zero-order valence-corrected chi connectivity index (χ0v) is 14.7. The van der Waals surface area contributed by atoms with Gasteiger partial charge in [-0.25, -0.2) is 0 Å². The number of amides is 2. The van der Waals surface area contributed by atoms with Crippen LogP contribution >= 0.6 is 0 Å². The Morgan fingerprint density at radius 3 is 2.50 bits per heavy atom. The van der Waals surface area contributed by atoms with E-state index >= 15 is 0 Å². The summed E-state index contributed by atoms with van der Waals surface area (Å²) in [7, 11) is 1.65. The van der Waals surface area contributed by atoms with Crippen molar-refractivity contribution < 1.29 is 14.3 Å². The minimum absolute atomic E-state index is 0.0135. The van der Waals surface area contributed by atoms with Gasteiger partial charge in [0.2, 0.25) is 5.91 Å². The Hall–Kier alpha value is -1.88. The minimum atomic E-state index is -0.0135. The van der Waals surface area contributed by atoms with Crippen LogP contribution in [-0.4, -0.2) is 54.9 Å². The molecule has 0 bridgehead atoms. The van der Waals surface area contributed by atoms with E-state index in [1.165, 1.54) is 0 Å². The lowest BCUT2D eigenvalue weighted by molar-refractivity contribution is -0.131. The van der Waals surface area contributed by atoms with Gasteiger partial charge in [0.1, 0.15) is 0 Å². The highest BCUT2D eigenvalue weighted by Crippen LogP contribution is 2.33. The molecule has 0 saturated carbocycles.